The molecule has 1 aromatic carbocycles. The van der Waals surface area contributed by atoms with Gasteiger partial charge in [-0.2, -0.15) is 0 Å². The maximum absolute atomic E-state index is 5.88. The zero-order valence-corrected chi connectivity index (χ0v) is 12.3. The summed E-state index contributed by atoms with van der Waals surface area (Å²) < 4.78 is 5.58. The molecule has 1 saturated heterocycles. The van der Waals surface area contributed by atoms with Crippen LogP contribution in [0.3, 0.4) is 0 Å². The lowest BCUT2D eigenvalue weighted by Gasteiger charge is -2.18. The Balaban J connectivity index is 1.58. The Hall–Kier alpha value is -0.610. The molecule has 1 atom stereocenters. The third-order valence-electron chi connectivity index (χ3n) is 3.43. The number of hydrogen-bond acceptors (Lipinski definition) is 3. The van der Waals surface area contributed by atoms with Gasteiger partial charge in [0.25, 0.3) is 0 Å². The fourth-order valence-electron chi connectivity index (χ4n) is 2.32. The standard InChI is InChI=1S/C15H23ClN2O/c1-18(12-13-4-6-14(16)7-5-13)9-8-17-11-15-3-2-10-19-15/h4-7,15,17H,2-3,8-12H2,1H3. The van der Waals surface area contributed by atoms with Gasteiger partial charge in [-0.05, 0) is 37.6 Å². The second kappa shape index (κ2) is 7.85. The fraction of sp³-hybridized carbons (Fsp3) is 0.600. The molecule has 1 heterocycles. The van der Waals surface area contributed by atoms with Gasteiger partial charge in [-0.3, -0.25) is 0 Å². The number of hydrogen-bond donors (Lipinski definition) is 1. The first kappa shape index (κ1) is 14.8. The van der Waals surface area contributed by atoms with E-state index in [-0.39, 0.29) is 0 Å². The molecule has 1 aromatic rings. The van der Waals surface area contributed by atoms with Gasteiger partial charge in [-0.1, -0.05) is 23.7 Å². The number of nitrogens with zero attached hydrogens (tertiary/aromatic N) is 1. The monoisotopic (exact) mass is 282 g/mol. The molecule has 0 amide bonds. The minimum atomic E-state index is 0.432. The molecule has 0 spiro atoms. The van der Waals surface area contributed by atoms with E-state index in [0.29, 0.717) is 6.10 Å². The van der Waals surface area contributed by atoms with E-state index >= 15 is 0 Å². The third-order valence-corrected chi connectivity index (χ3v) is 3.68. The van der Waals surface area contributed by atoms with Gasteiger partial charge in [0.15, 0.2) is 0 Å². The Morgan fingerprint density at radius 1 is 1.37 bits per heavy atom. The van der Waals surface area contributed by atoms with E-state index in [1.54, 1.807) is 0 Å². The quantitative estimate of drug-likeness (QED) is 0.778. The molecule has 1 aliphatic heterocycles. The van der Waals surface area contributed by atoms with E-state index in [4.69, 9.17) is 16.3 Å². The van der Waals surface area contributed by atoms with Crippen molar-refractivity contribution in [1.29, 1.82) is 0 Å². The van der Waals surface area contributed by atoms with Crippen LogP contribution in [0.1, 0.15) is 18.4 Å². The maximum Gasteiger partial charge on any atom is 0.0700 e. The van der Waals surface area contributed by atoms with Gasteiger partial charge in [0.05, 0.1) is 6.10 Å². The van der Waals surface area contributed by atoms with E-state index in [1.807, 2.05) is 12.1 Å². The summed E-state index contributed by atoms with van der Waals surface area (Å²) in [5, 5.41) is 4.26. The second-order valence-corrected chi connectivity index (χ2v) is 5.64. The first-order chi connectivity index (χ1) is 9.24. The smallest absolute Gasteiger partial charge is 0.0700 e. The molecule has 0 radical (unpaired) electrons. The van der Waals surface area contributed by atoms with Crippen LogP contribution in [-0.2, 0) is 11.3 Å². The van der Waals surface area contributed by atoms with Crippen LogP contribution < -0.4 is 5.32 Å². The van der Waals surface area contributed by atoms with Gasteiger partial charge in [0, 0.05) is 37.8 Å². The summed E-state index contributed by atoms with van der Waals surface area (Å²) in [6.07, 6.45) is 2.85. The molecule has 0 aromatic heterocycles. The number of halogens is 1. The highest BCUT2D eigenvalue weighted by Crippen LogP contribution is 2.11. The van der Waals surface area contributed by atoms with Crippen LogP contribution >= 0.6 is 11.6 Å². The lowest BCUT2D eigenvalue weighted by molar-refractivity contribution is 0.109. The number of rotatable bonds is 7. The zero-order chi connectivity index (χ0) is 13.5. The summed E-state index contributed by atoms with van der Waals surface area (Å²) in [5.74, 6) is 0. The van der Waals surface area contributed by atoms with Crippen molar-refractivity contribution in [3.05, 3.63) is 34.9 Å². The molecule has 106 valence electrons. The first-order valence-electron chi connectivity index (χ1n) is 6.99. The van der Waals surface area contributed by atoms with E-state index in [1.165, 1.54) is 18.4 Å². The Morgan fingerprint density at radius 3 is 2.84 bits per heavy atom. The third kappa shape index (κ3) is 5.49. The minimum absolute atomic E-state index is 0.432. The molecule has 0 bridgehead atoms. The van der Waals surface area contributed by atoms with Gasteiger partial charge in [-0.15, -0.1) is 0 Å². The largest absolute Gasteiger partial charge is 0.377 e. The van der Waals surface area contributed by atoms with E-state index < -0.39 is 0 Å². The van der Waals surface area contributed by atoms with Gasteiger partial charge in [-0.25, -0.2) is 0 Å². The zero-order valence-electron chi connectivity index (χ0n) is 11.6. The second-order valence-electron chi connectivity index (χ2n) is 5.20. The average Bonchev–Trinajstić information content (AvgIpc) is 2.91. The normalized spacial score (nSPS) is 19.2. The summed E-state index contributed by atoms with van der Waals surface area (Å²) in [7, 11) is 2.14. The predicted molar refractivity (Wildman–Crippen MR) is 79.6 cm³/mol. The number of likely N-dealkylation sites (N-methyl/N-ethyl adjacent to an activating group) is 1. The van der Waals surface area contributed by atoms with Gasteiger partial charge >= 0.3 is 0 Å². The summed E-state index contributed by atoms with van der Waals surface area (Å²) >= 11 is 5.88. The van der Waals surface area contributed by atoms with Crippen molar-refractivity contribution < 1.29 is 4.74 Å². The van der Waals surface area contributed by atoms with Crippen LogP contribution in [0.15, 0.2) is 24.3 Å². The van der Waals surface area contributed by atoms with Crippen LogP contribution in [0.2, 0.25) is 5.02 Å². The Kier molecular flexibility index (Phi) is 6.11. The Morgan fingerprint density at radius 2 is 2.16 bits per heavy atom. The summed E-state index contributed by atoms with van der Waals surface area (Å²) in [4.78, 5) is 2.31. The number of benzene rings is 1. The van der Waals surface area contributed by atoms with E-state index in [2.05, 4.69) is 29.4 Å². The van der Waals surface area contributed by atoms with Crippen molar-refractivity contribution in [3.63, 3.8) is 0 Å². The number of ether oxygens (including phenoxy) is 1. The molecule has 4 heteroatoms. The lowest BCUT2D eigenvalue weighted by Crippen LogP contribution is -2.33. The topological polar surface area (TPSA) is 24.5 Å². The van der Waals surface area contributed by atoms with Gasteiger partial charge < -0.3 is 15.0 Å². The van der Waals surface area contributed by atoms with Crippen molar-refractivity contribution in [2.24, 2.45) is 0 Å². The average molecular weight is 283 g/mol. The molecule has 2 rings (SSSR count). The Labute approximate surface area is 120 Å². The van der Waals surface area contributed by atoms with Crippen LogP contribution in [0.4, 0.5) is 0 Å². The molecular formula is C15H23ClN2O. The highest BCUT2D eigenvalue weighted by atomic mass is 35.5. The van der Waals surface area contributed by atoms with Crippen LogP contribution in [0, 0.1) is 0 Å². The van der Waals surface area contributed by atoms with Gasteiger partial charge in [0.1, 0.15) is 0 Å². The number of nitrogens with one attached hydrogen (secondary N) is 1. The van der Waals surface area contributed by atoms with Crippen LogP contribution in [-0.4, -0.2) is 44.3 Å². The maximum atomic E-state index is 5.88. The molecule has 1 fully saturated rings. The van der Waals surface area contributed by atoms with Crippen LogP contribution in [0.5, 0.6) is 0 Å². The molecule has 0 aliphatic carbocycles. The molecule has 1 aliphatic rings. The predicted octanol–water partition coefficient (Wildman–Crippen LogP) is 2.54. The molecule has 1 unspecified atom stereocenters. The van der Waals surface area contributed by atoms with Crippen molar-refractivity contribution in [2.45, 2.75) is 25.5 Å². The van der Waals surface area contributed by atoms with Crippen LogP contribution in [0.25, 0.3) is 0 Å². The Bertz CT molecular complexity index is 363. The highest BCUT2D eigenvalue weighted by molar-refractivity contribution is 6.30. The molecule has 1 N–H and O–H groups in total. The molecule has 19 heavy (non-hydrogen) atoms. The van der Waals surface area contributed by atoms with Crippen molar-refractivity contribution in [2.75, 3.05) is 33.3 Å². The van der Waals surface area contributed by atoms with E-state index in [0.717, 1.165) is 37.8 Å². The summed E-state index contributed by atoms with van der Waals surface area (Å²) in [5.41, 5.74) is 1.30. The van der Waals surface area contributed by atoms with Crippen molar-refractivity contribution in [1.82, 2.24) is 10.2 Å². The summed E-state index contributed by atoms with van der Waals surface area (Å²) in [6, 6.07) is 8.05. The SMILES string of the molecule is CN(CCNCC1CCCO1)Cc1ccc(Cl)cc1. The van der Waals surface area contributed by atoms with Crippen molar-refractivity contribution >= 4 is 11.6 Å². The molecule has 3 nitrogen and oxygen atoms in total. The molecule has 0 saturated carbocycles. The fourth-order valence-corrected chi connectivity index (χ4v) is 2.44. The van der Waals surface area contributed by atoms with E-state index in [9.17, 15) is 0 Å². The lowest BCUT2D eigenvalue weighted by atomic mass is 10.2. The van der Waals surface area contributed by atoms with Crippen molar-refractivity contribution in [3.8, 4) is 0 Å². The molecular weight excluding hydrogens is 260 g/mol. The highest BCUT2D eigenvalue weighted by Gasteiger charge is 2.14. The van der Waals surface area contributed by atoms with Gasteiger partial charge in [0.2, 0.25) is 0 Å². The summed E-state index contributed by atoms with van der Waals surface area (Å²) in [6.45, 7) is 4.91. The first-order valence-corrected chi connectivity index (χ1v) is 7.37. The minimum Gasteiger partial charge on any atom is -0.377 e.